The molecule has 3 heteroatoms. The molecular formula is C21H34O2S. The van der Waals surface area contributed by atoms with Gasteiger partial charge in [-0.2, -0.15) is 0 Å². The number of esters is 1. The first-order valence-electron chi connectivity index (χ1n) is 9.60. The topological polar surface area (TPSA) is 26.3 Å². The van der Waals surface area contributed by atoms with E-state index >= 15 is 0 Å². The predicted molar refractivity (Wildman–Crippen MR) is 105 cm³/mol. The Morgan fingerprint density at radius 1 is 0.875 bits per heavy atom. The van der Waals surface area contributed by atoms with Gasteiger partial charge in [0.2, 0.25) is 0 Å². The van der Waals surface area contributed by atoms with Crippen LogP contribution in [0.15, 0.2) is 30.3 Å². The second-order valence-electron chi connectivity index (χ2n) is 6.38. The van der Waals surface area contributed by atoms with Crippen LogP contribution in [0.25, 0.3) is 0 Å². The lowest BCUT2D eigenvalue weighted by molar-refractivity contribution is -0.140. The normalized spacial score (nSPS) is 10.7. The van der Waals surface area contributed by atoms with Gasteiger partial charge in [0.25, 0.3) is 0 Å². The summed E-state index contributed by atoms with van der Waals surface area (Å²) in [5, 5.41) is 0. The van der Waals surface area contributed by atoms with Crippen molar-refractivity contribution in [3.63, 3.8) is 0 Å². The predicted octanol–water partition coefficient (Wildman–Crippen LogP) is 6.38. The molecule has 0 spiro atoms. The lowest BCUT2D eigenvalue weighted by Gasteiger charge is -2.05. The smallest absolute Gasteiger partial charge is 0.315 e. The molecule has 1 aromatic rings. The van der Waals surface area contributed by atoms with Gasteiger partial charge in [0.1, 0.15) is 0 Å². The van der Waals surface area contributed by atoms with E-state index in [0.29, 0.717) is 12.4 Å². The molecule has 136 valence electrons. The number of rotatable bonds is 15. The summed E-state index contributed by atoms with van der Waals surface area (Å²) in [4.78, 5) is 11.7. The number of hydrogen-bond donors (Lipinski definition) is 0. The minimum absolute atomic E-state index is 0.0770. The van der Waals surface area contributed by atoms with Crippen molar-refractivity contribution in [1.29, 1.82) is 0 Å². The van der Waals surface area contributed by atoms with Crippen molar-refractivity contribution in [2.24, 2.45) is 0 Å². The van der Waals surface area contributed by atoms with E-state index in [2.05, 4.69) is 19.1 Å². The first-order chi connectivity index (χ1) is 11.8. The zero-order chi connectivity index (χ0) is 17.3. The number of ether oxygens (including phenoxy) is 1. The van der Waals surface area contributed by atoms with E-state index < -0.39 is 0 Å². The standard InChI is InChI=1S/C21H34O2S/c1-2-3-4-5-6-7-8-9-10-14-17-23-21(22)19-24-18-20-15-12-11-13-16-20/h11-13,15-16H,2-10,14,17-19H2,1H3. The van der Waals surface area contributed by atoms with Crippen LogP contribution < -0.4 is 0 Å². The molecule has 0 aliphatic carbocycles. The quantitative estimate of drug-likeness (QED) is 0.271. The molecule has 0 aliphatic rings. The van der Waals surface area contributed by atoms with Gasteiger partial charge in [0.05, 0.1) is 12.4 Å². The average Bonchev–Trinajstić information content (AvgIpc) is 2.60. The largest absolute Gasteiger partial charge is 0.465 e. The summed E-state index contributed by atoms with van der Waals surface area (Å²) in [7, 11) is 0. The molecule has 0 aliphatic heterocycles. The maximum absolute atomic E-state index is 11.7. The van der Waals surface area contributed by atoms with Crippen molar-refractivity contribution >= 4 is 17.7 Å². The van der Waals surface area contributed by atoms with Crippen molar-refractivity contribution < 1.29 is 9.53 Å². The third-order valence-corrected chi connectivity index (χ3v) is 5.07. The van der Waals surface area contributed by atoms with Crippen LogP contribution in [-0.2, 0) is 15.3 Å². The Kier molecular flexibility index (Phi) is 13.7. The van der Waals surface area contributed by atoms with Gasteiger partial charge in [-0.25, -0.2) is 0 Å². The summed E-state index contributed by atoms with van der Waals surface area (Å²) >= 11 is 1.62. The molecule has 0 bridgehead atoms. The summed E-state index contributed by atoms with van der Waals surface area (Å²) in [5.74, 6) is 1.24. The zero-order valence-electron chi connectivity index (χ0n) is 15.3. The fourth-order valence-electron chi connectivity index (χ4n) is 2.64. The highest BCUT2D eigenvalue weighted by Gasteiger charge is 2.03. The summed E-state index contributed by atoms with van der Waals surface area (Å²) < 4.78 is 5.29. The molecule has 24 heavy (non-hydrogen) atoms. The summed E-state index contributed by atoms with van der Waals surface area (Å²) in [5.41, 5.74) is 1.25. The lowest BCUT2D eigenvalue weighted by Crippen LogP contribution is -2.08. The molecular weight excluding hydrogens is 316 g/mol. The molecule has 0 amide bonds. The highest BCUT2D eigenvalue weighted by Crippen LogP contribution is 2.12. The van der Waals surface area contributed by atoms with Crippen molar-refractivity contribution in [2.45, 2.75) is 76.9 Å². The summed E-state index contributed by atoms with van der Waals surface area (Å²) in [6, 6.07) is 10.2. The van der Waals surface area contributed by atoms with E-state index in [1.54, 1.807) is 11.8 Å². The Morgan fingerprint density at radius 2 is 1.46 bits per heavy atom. The summed E-state index contributed by atoms with van der Waals surface area (Å²) in [6.45, 7) is 2.84. The molecule has 0 heterocycles. The maximum Gasteiger partial charge on any atom is 0.315 e. The van der Waals surface area contributed by atoms with Crippen molar-refractivity contribution in [2.75, 3.05) is 12.4 Å². The van der Waals surface area contributed by atoms with Crippen LogP contribution in [0.1, 0.15) is 76.7 Å². The van der Waals surface area contributed by atoms with Crippen LogP contribution in [0.2, 0.25) is 0 Å². The van der Waals surface area contributed by atoms with Gasteiger partial charge in [-0.15, -0.1) is 11.8 Å². The summed E-state index contributed by atoms with van der Waals surface area (Å²) in [6.07, 6.45) is 13.0. The SMILES string of the molecule is CCCCCCCCCCCCOC(=O)CSCc1ccccc1. The Bertz CT molecular complexity index is 406. The molecule has 0 radical (unpaired) electrons. The fourth-order valence-corrected chi connectivity index (χ4v) is 3.42. The molecule has 2 nitrogen and oxygen atoms in total. The van der Waals surface area contributed by atoms with Crippen molar-refractivity contribution in [3.8, 4) is 0 Å². The molecule has 0 saturated carbocycles. The van der Waals surface area contributed by atoms with Crippen LogP contribution >= 0.6 is 11.8 Å². The second kappa shape index (κ2) is 15.6. The van der Waals surface area contributed by atoms with E-state index in [1.165, 1.54) is 63.4 Å². The first-order valence-corrected chi connectivity index (χ1v) is 10.8. The van der Waals surface area contributed by atoms with Crippen molar-refractivity contribution in [1.82, 2.24) is 0 Å². The van der Waals surface area contributed by atoms with Crippen molar-refractivity contribution in [3.05, 3.63) is 35.9 Å². The second-order valence-corrected chi connectivity index (χ2v) is 7.37. The zero-order valence-corrected chi connectivity index (χ0v) is 16.1. The molecule has 1 rings (SSSR count). The minimum Gasteiger partial charge on any atom is -0.465 e. The fraction of sp³-hybridized carbons (Fsp3) is 0.667. The van der Waals surface area contributed by atoms with E-state index in [9.17, 15) is 4.79 Å². The van der Waals surface area contributed by atoms with Crippen LogP contribution in [-0.4, -0.2) is 18.3 Å². The number of thioether (sulfide) groups is 1. The Hall–Kier alpha value is -0.960. The lowest BCUT2D eigenvalue weighted by atomic mass is 10.1. The molecule has 0 fully saturated rings. The van der Waals surface area contributed by atoms with Crippen LogP contribution in [0, 0.1) is 0 Å². The van der Waals surface area contributed by atoms with E-state index in [1.807, 2.05) is 18.2 Å². The molecule has 0 N–H and O–H groups in total. The minimum atomic E-state index is -0.0770. The first kappa shape index (κ1) is 21.1. The highest BCUT2D eigenvalue weighted by molar-refractivity contribution is 7.99. The molecule has 0 atom stereocenters. The van der Waals surface area contributed by atoms with Gasteiger partial charge in [-0.1, -0.05) is 95.0 Å². The van der Waals surface area contributed by atoms with Gasteiger partial charge in [-0.05, 0) is 12.0 Å². The van der Waals surface area contributed by atoms with Gasteiger partial charge < -0.3 is 4.74 Å². The number of benzene rings is 1. The average molecular weight is 351 g/mol. The van der Waals surface area contributed by atoms with Crippen LogP contribution in [0.4, 0.5) is 0 Å². The highest BCUT2D eigenvalue weighted by atomic mass is 32.2. The van der Waals surface area contributed by atoms with Gasteiger partial charge in [0, 0.05) is 5.75 Å². The third kappa shape index (κ3) is 12.5. The number of hydrogen-bond acceptors (Lipinski definition) is 3. The molecule has 0 aromatic heterocycles. The van der Waals surface area contributed by atoms with Gasteiger partial charge >= 0.3 is 5.97 Å². The van der Waals surface area contributed by atoms with E-state index in [-0.39, 0.29) is 5.97 Å². The Balaban J connectivity index is 1.82. The number of carbonyl (C=O) groups is 1. The van der Waals surface area contributed by atoms with Gasteiger partial charge in [0.15, 0.2) is 0 Å². The van der Waals surface area contributed by atoms with E-state index in [4.69, 9.17) is 4.74 Å². The molecule has 1 aromatic carbocycles. The van der Waals surface area contributed by atoms with Crippen LogP contribution in [0.5, 0.6) is 0 Å². The number of carbonyl (C=O) groups excluding carboxylic acids is 1. The Labute approximate surface area is 152 Å². The van der Waals surface area contributed by atoms with E-state index in [0.717, 1.165) is 12.2 Å². The number of unbranched alkanes of at least 4 members (excludes halogenated alkanes) is 9. The molecule has 0 saturated heterocycles. The monoisotopic (exact) mass is 350 g/mol. The maximum atomic E-state index is 11.7. The third-order valence-electron chi connectivity index (χ3n) is 4.09. The molecule has 0 unspecified atom stereocenters. The van der Waals surface area contributed by atoms with Crippen LogP contribution in [0.3, 0.4) is 0 Å². The van der Waals surface area contributed by atoms with Gasteiger partial charge in [-0.3, -0.25) is 4.79 Å². The Morgan fingerprint density at radius 3 is 2.08 bits per heavy atom.